The molecule has 150 valence electrons. The molecule has 0 aliphatic rings. The Bertz CT molecular complexity index is 442. The maximum atomic E-state index is 9.00. The molecule has 0 heterocycles. The zero-order chi connectivity index (χ0) is 21.7. The molecule has 0 aromatic heterocycles. The second-order valence-electron chi connectivity index (χ2n) is 4.33. The van der Waals surface area contributed by atoms with Crippen molar-refractivity contribution in [2.24, 2.45) is 11.5 Å². The normalized spacial score (nSPS) is 8.85. The number of hydrogen-bond acceptors (Lipinski definition) is 6. The van der Waals surface area contributed by atoms with Crippen LogP contribution in [0.3, 0.4) is 0 Å². The van der Waals surface area contributed by atoms with Crippen LogP contribution in [0.4, 0.5) is 0 Å². The van der Waals surface area contributed by atoms with E-state index < -0.39 is 23.9 Å². The fourth-order valence-electron chi connectivity index (χ4n) is 0.836. The molecular weight excluding hydrogens is 348 g/mol. The summed E-state index contributed by atoms with van der Waals surface area (Å²) in [6, 6.07) is 9.85. The first-order valence-corrected chi connectivity index (χ1v) is 7.06. The molecule has 0 fully saturated rings. The summed E-state index contributed by atoms with van der Waals surface area (Å²) >= 11 is 0. The van der Waals surface area contributed by atoms with Gasteiger partial charge in [-0.1, -0.05) is 30.3 Å². The van der Waals surface area contributed by atoms with Gasteiger partial charge in [-0.2, -0.15) is 0 Å². The zero-order valence-electron chi connectivity index (χ0n) is 15.2. The first kappa shape index (κ1) is 30.9. The maximum absolute atomic E-state index is 9.00. The number of carbonyl (C=O) groups is 4. The van der Waals surface area contributed by atoms with Crippen LogP contribution < -0.4 is 11.5 Å². The van der Waals surface area contributed by atoms with Gasteiger partial charge in [0.1, 0.15) is 0 Å². The number of hydrogen-bond donors (Lipinski definition) is 6. The third-order valence-electron chi connectivity index (χ3n) is 1.48. The van der Waals surface area contributed by atoms with Crippen molar-refractivity contribution < 1.29 is 39.6 Å². The summed E-state index contributed by atoms with van der Waals surface area (Å²) in [4.78, 5) is 36.0. The van der Waals surface area contributed by atoms with Crippen molar-refractivity contribution in [3.63, 3.8) is 0 Å². The summed E-state index contributed by atoms with van der Waals surface area (Å²) < 4.78 is 0. The van der Waals surface area contributed by atoms with Gasteiger partial charge in [0.05, 0.1) is 0 Å². The highest BCUT2D eigenvalue weighted by atomic mass is 16.4. The molecule has 1 atom stereocenters. The quantitative estimate of drug-likeness (QED) is 0.432. The van der Waals surface area contributed by atoms with Gasteiger partial charge in [-0.25, -0.2) is 0 Å². The molecule has 1 aromatic rings. The van der Waals surface area contributed by atoms with Crippen LogP contribution in [0.15, 0.2) is 30.3 Å². The smallest absolute Gasteiger partial charge is 0.300 e. The van der Waals surface area contributed by atoms with Crippen molar-refractivity contribution in [3.8, 4) is 0 Å². The highest BCUT2D eigenvalue weighted by Crippen LogP contribution is 2.06. The highest BCUT2D eigenvalue weighted by Gasteiger charge is 1.99. The summed E-state index contributed by atoms with van der Waals surface area (Å²) in [7, 11) is 0. The first-order valence-electron chi connectivity index (χ1n) is 7.06. The third kappa shape index (κ3) is 69.4. The molecule has 0 aliphatic heterocycles. The Morgan fingerprint density at radius 2 is 1.00 bits per heavy atom. The summed E-state index contributed by atoms with van der Waals surface area (Å²) in [5.41, 5.74) is 12.2. The monoisotopic (exact) mass is 376 g/mol. The summed E-state index contributed by atoms with van der Waals surface area (Å²) in [6.45, 7) is 4.84. The second-order valence-corrected chi connectivity index (χ2v) is 4.33. The summed E-state index contributed by atoms with van der Waals surface area (Å²) in [5.74, 6) is -3.33. The molecule has 0 bridgehead atoms. The molecule has 0 amide bonds. The van der Waals surface area contributed by atoms with Crippen molar-refractivity contribution in [2.45, 2.75) is 33.7 Å². The lowest BCUT2D eigenvalue weighted by atomic mass is 10.1. The molecule has 0 saturated heterocycles. The Morgan fingerprint density at radius 3 is 1.19 bits per heavy atom. The van der Waals surface area contributed by atoms with E-state index in [9.17, 15) is 0 Å². The minimum Gasteiger partial charge on any atom is -0.481 e. The largest absolute Gasteiger partial charge is 0.481 e. The molecule has 1 aromatic carbocycles. The van der Waals surface area contributed by atoms with Crippen molar-refractivity contribution in [1.82, 2.24) is 0 Å². The van der Waals surface area contributed by atoms with Gasteiger partial charge in [-0.05, 0) is 5.56 Å². The molecular formula is C16H28N2O8. The highest BCUT2D eigenvalue weighted by molar-refractivity contribution is 5.63. The Labute approximate surface area is 152 Å². The molecule has 8 N–H and O–H groups in total. The Morgan fingerprint density at radius 1 is 0.769 bits per heavy atom. The predicted molar refractivity (Wildman–Crippen MR) is 95.7 cm³/mol. The molecule has 1 unspecified atom stereocenters. The fourth-order valence-corrected chi connectivity index (χ4v) is 0.836. The van der Waals surface area contributed by atoms with Gasteiger partial charge in [0.15, 0.2) is 0 Å². The first-order chi connectivity index (χ1) is 11.8. The zero-order valence-corrected chi connectivity index (χ0v) is 15.2. The number of carboxylic acid groups (broad SMARTS) is 4. The lowest BCUT2D eigenvalue weighted by molar-refractivity contribution is -0.135. The molecule has 0 radical (unpaired) electrons. The summed E-state index contributed by atoms with van der Waals surface area (Å²) in [6.07, 6.45) is 0. The fraction of sp³-hybridized carbons (Fsp3) is 0.375. The van der Waals surface area contributed by atoms with Crippen molar-refractivity contribution in [1.29, 1.82) is 0 Å². The van der Waals surface area contributed by atoms with Crippen LogP contribution in [-0.4, -0.2) is 50.8 Å². The molecule has 0 aliphatic carbocycles. The minimum atomic E-state index is -0.833. The Balaban J connectivity index is -0.000000129. The van der Waals surface area contributed by atoms with Gasteiger partial charge in [-0.15, -0.1) is 0 Å². The van der Waals surface area contributed by atoms with E-state index in [4.69, 9.17) is 51.1 Å². The number of benzene rings is 1. The lowest BCUT2D eigenvalue weighted by Crippen LogP contribution is -2.20. The van der Waals surface area contributed by atoms with Crippen LogP contribution in [0.1, 0.15) is 39.3 Å². The van der Waals surface area contributed by atoms with E-state index in [1.807, 2.05) is 30.3 Å². The van der Waals surface area contributed by atoms with E-state index in [2.05, 4.69) is 0 Å². The molecule has 10 nitrogen and oxygen atoms in total. The van der Waals surface area contributed by atoms with E-state index in [-0.39, 0.29) is 6.04 Å². The number of carboxylic acids is 4. The molecule has 1 rings (SSSR count). The van der Waals surface area contributed by atoms with Crippen LogP contribution in [0, 0.1) is 0 Å². The standard InChI is InChI=1S/C8H12N2.4C2H4O2/c9-6-8(10)7-4-2-1-3-5-7;4*1-2(3)4/h1-5,8H,6,9-10H2;4*1H3,(H,3,4). The van der Waals surface area contributed by atoms with Gasteiger partial charge in [0.25, 0.3) is 23.9 Å². The van der Waals surface area contributed by atoms with E-state index in [0.29, 0.717) is 6.54 Å². The Kier molecular flexibility index (Phi) is 26.1. The number of aliphatic carboxylic acids is 4. The van der Waals surface area contributed by atoms with Crippen molar-refractivity contribution >= 4 is 23.9 Å². The van der Waals surface area contributed by atoms with Gasteiger partial charge in [-0.3, -0.25) is 19.2 Å². The average molecular weight is 376 g/mol. The van der Waals surface area contributed by atoms with Crippen LogP contribution in [0.25, 0.3) is 0 Å². The minimum absolute atomic E-state index is 0.0128. The van der Waals surface area contributed by atoms with E-state index in [1.54, 1.807) is 0 Å². The molecule has 0 spiro atoms. The lowest BCUT2D eigenvalue weighted by Gasteiger charge is -2.06. The van der Waals surface area contributed by atoms with Crippen LogP contribution in [-0.2, 0) is 19.2 Å². The van der Waals surface area contributed by atoms with Crippen molar-refractivity contribution in [3.05, 3.63) is 35.9 Å². The van der Waals surface area contributed by atoms with Gasteiger partial charge in [0.2, 0.25) is 0 Å². The number of nitrogens with two attached hydrogens (primary N) is 2. The van der Waals surface area contributed by atoms with E-state index in [0.717, 1.165) is 33.3 Å². The molecule has 26 heavy (non-hydrogen) atoms. The van der Waals surface area contributed by atoms with Crippen LogP contribution in [0.5, 0.6) is 0 Å². The average Bonchev–Trinajstić information content (AvgIpc) is 2.45. The molecule has 10 heteroatoms. The van der Waals surface area contributed by atoms with Crippen molar-refractivity contribution in [2.75, 3.05) is 6.54 Å². The predicted octanol–water partition coefficient (Wildman–Crippen LogP) is 1.01. The van der Waals surface area contributed by atoms with Crippen LogP contribution in [0.2, 0.25) is 0 Å². The van der Waals surface area contributed by atoms with Crippen LogP contribution >= 0.6 is 0 Å². The van der Waals surface area contributed by atoms with E-state index >= 15 is 0 Å². The Hall–Kier alpha value is -2.98. The second kappa shape index (κ2) is 22.0. The van der Waals surface area contributed by atoms with E-state index in [1.165, 1.54) is 0 Å². The van der Waals surface area contributed by atoms with Gasteiger partial charge >= 0.3 is 0 Å². The third-order valence-corrected chi connectivity index (χ3v) is 1.48. The molecule has 0 saturated carbocycles. The SMILES string of the molecule is CC(=O)O.CC(=O)O.CC(=O)O.CC(=O)O.NCC(N)c1ccccc1. The van der Waals surface area contributed by atoms with Gasteiger partial charge < -0.3 is 31.9 Å². The van der Waals surface area contributed by atoms with Gasteiger partial charge in [0, 0.05) is 40.3 Å². The topological polar surface area (TPSA) is 201 Å². The maximum Gasteiger partial charge on any atom is 0.300 e. The summed E-state index contributed by atoms with van der Waals surface area (Å²) in [5, 5.41) is 29.7. The number of rotatable bonds is 2.